The fraction of sp³-hybridized carbons (Fsp3) is 0.500. The second-order valence-corrected chi connectivity index (χ2v) is 6.37. The summed E-state index contributed by atoms with van der Waals surface area (Å²) < 4.78 is 2.13. The molecule has 21 heavy (non-hydrogen) atoms. The van der Waals surface area contributed by atoms with Crippen LogP contribution in [0.1, 0.15) is 55.5 Å². The number of aromatic nitrogens is 2. The number of rotatable bonds is 7. The molecule has 1 aromatic carbocycles. The van der Waals surface area contributed by atoms with E-state index in [2.05, 4.69) is 77.9 Å². The summed E-state index contributed by atoms with van der Waals surface area (Å²) in [5.41, 5.74) is 3.88. The zero-order valence-electron chi connectivity index (χ0n) is 13.2. The van der Waals surface area contributed by atoms with Gasteiger partial charge in [0.05, 0.1) is 11.7 Å². The molecule has 1 aromatic heterocycles. The van der Waals surface area contributed by atoms with Crippen LogP contribution in [0.15, 0.2) is 36.5 Å². The summed E-state index contributed by atoms with van der Waals surface area (Å²) in [6.07, 6.45) is 5.39. The molecule has 2 nitrogen and oxygen atoms in total. The molecule has 0 N–H and O–H groups in total. The molecule has 1 atom stereocenters. The molecule has 0 aliphatic rings. The molecule has 0 amide bonds. The van der Waals surface area contributed by atoms with E-state index in [-0.39, 0.29) is 0 Å². The Labute approximate surface area is 136 Å². The molecule has 0 radical (unpaired) electrons. The summed E-state index contributed by atoms with van der Waals surface area (Å²) in [7, 11) is 0. The minimum Gasteiger partial charge on any atom is -0.269 e. The quantitative estimate of drug-likeness (QED) is 0.623. The van der Waals surface area contributed by atoms with Gasteiger partial charge in [-0.2, -0.15) is 5.10 Å². The Bertz CT molecular complexity index is 541. The first-order valence-corrected chi connectivity index (χ1v) is 8.96. The largest absolute Gasteiger partial charge is 0.269 e. The highest BCUT2D eigenvalue weighted by Gasteiger charge is 2.14. The SMILES string of the molecule is CCC(CC)n1ccc(CC(CBr)c2ccc(C)cc2)n1. The molecule has 0 aliphatic heterocycles. The minimum atomic E-state index is 0.482. The Hall–Kier alpha value is -1.09. The molecular weight excluding hydrogens is 324 g/mol. The van der Waals surface area contributed by atoms with Crippen molar-refractivity contribution in [1.29, 1.82) is 0 Å². The minimum absolute atomic E-state index is 0.482. The molecule has 0 saturated heterocycles. The lowest BCUT2D eigenvalue weighted by molar-refractivity contribution is 0.424. The third kappa shape index (κ3) is 4.19. The van der Waals surface area contributed by atoms with Crippen LogP contribution in [-0.4, -0.2) is 15.1 Å². The van der Waals surface area contributed by atoms with Gasteiger partial charge in [-0.3, -0.25) is 4.68 Å². The number of hydrogen-bond acceptors (Lipinski definition) is 1. The molecule has 0 fully saturated rings. The average molecular weight is 349 g/mol. The standard InChI is InChI=1S/C18H25BrN2/c1-4-18(5-2)21-11-10-17(20-21)12-16(13-19)15-8-6-14(3)7-9-15/h6-11,16,18H,4-5,12-13H2,1-3H3. The van der Waals surface area contributed by atoms with Crippen molar-refractivity contribution in [2.45, 2.75) is 52.0 Å². The highest BCUT2D eigenvalue weighted by atomic mass is 79.9. The monoisotopic (exact) mass is 348 g/mol. The second kappa shape index (κ2) is 7.79. The normalized spacial score (nSPS) is 12.8. The van der Waals surface area contributed by atoms with Gasteiger partial charge in [0.2, 0.25) is 0 Å². The predicted molar refractivity (Wildman–Crippen MR) is 93.3 cm³/mol. The first-order chi connectivity index (χ1) is 10.2. The maximum absolute atomic E-state index is 4.78. The van der Waals surface area contributed by atoms with Gasteiger partial charge in [0, 0.05) is 11.5 Å². The van der Waals surface area contributed by atoms with Gasteiger partial charge in [0.1, 0.15) is 0 Å². The number of benzene rings is 1. The summed E-state index contributed by atoms with van der Waals surface area (Å²) in [6.45, 7) is 6.58. The van der Waals surface area contributed by atoms with Crippen molar-refractivity contribution in [3.63, 3.8) is 0 Å². The zero-order valence-corrected chi connectivity index (χ0v) is 14.8. The third-order valence-corrected chi connectivity index (χ3v) is 4.95. The average Bonchev–Trinajstić information content (AvgIpc) is 2.96. The Kier molecular flexibility index (Phi) is 6.04. The number of alkyl halides is 1. The maximum Gasteiger partial charge on any atom is 0.0631 e. The number of halogens is 1. The molecule has 0 saturated carbocycles. The summed E-state index contributed by atoms with van der Waals surface area (Å²) in [5, 5.41) is 5.75. The van der Waals surface area contributed by atoms with E-state index in [1.54, 1.807) is 0 Å². The van der Waals surface area contributed by atoms with Crippen LogP contribution < -0.4 is 0 Å². The molecule has 2 aromatic rings. The van der Waals surface area contributed by atoms with Crippen molar-refractivity contribution in [2.75, 3.05) is 5.33 Å². The van der Waals surface area contributed by atoms with E-state index in [9.17, 15) is 0 Å². The summed E-state index contributed by atoms with van der Waals surface area (Å²) in [6, 6.07) is 11.5. The lowest BCUT2D eigenvalue weighted by Crippen LogP contribution is -2.09. The van der Waals surface area contributed by atoms with Gasteiger partial charge in [0.15, 0.2) is 0 Å². The van der Waals surface area contributed by atoms with E-state index >= 15 is 0 Å². The lowest BCUT2D eigenvalue weighted by atomic mass is 9.95. The van der Waals surface area contributed by atoms with Gasteiger partial charge in [-0.25, -0.2) is 0 Å². The fourth-order valence-electron chi connectivity index (χ4n) is 2.70. The number of aryl methyl sites for hydroxylation is 1. The van der Waals surface area contributed by atoms with Crippen LogP contribution >= 0.6 is 15.9 Å². The fourth-order valence-corrected chi connectivity index (χ4v) is 3.31. The Balaban J connectivity index is 2.10. The van der Waals surface area contributed by atoms with Gasteiger partial charge in [-0.1, -0.05) is 59.6 Å². The molecule has 0 bridgehead atoms. The molecular formula is C18H25BrN2. The summed E-state index contributed by atoms with van der Waals surface area (Å²) in [4.78, 5) is 0. The zero-order chi connectivity index (χ0) is 15.2. The van der Waals surface area contributed by atoms with Crippen LogP contribution in [0.5, 0.6) is 0 Å². The smallest absolute Gasteiger partial charge is 0.0631 e. The molecule has 3 heteroatoms. The van der Waals surface area contributed by atoms with Crippen LogP contribution in [0.2, 0.25) is 0 Å². The first-order valence-electron chi connectivity index (χ1n) is 7.84. The van der Waals surface area contributed by atoms with Crippen LogP contribution in [0.25, 0.3) is 0 Å². The Morgan fingerprint density at radius 1 is 1.10 bits per heavy atom. The van der Waals surface area contributed by atoms with Gasteiger partial charge in [-0.05, 0) is 43.7 Å². The Morgan fingerprint density at radius 3 is 2.33 bits per heavy atom. The van der Waals surface area contributed by atoms with Crippen LogP contribution in [0.3, 0.4) is 0 Å². The molecule has 0 aliphatic carbocycles. The maximum atomic E-state index is 4.78. The van der Waals surface area contributed by atoms with E-state index in [4.69, 9.17) is 5.10 Å². The topological polar surface area (TPSA) is 17.8 Å². The van der Waals surface area contributed by atoms with Crippen molar-refractivity contribution < 1.29 is 0 Å². The van der Waals surface area contributed by atoms with Gasteiger partial charge in [-0.15, -0.1) is 0 Å². The second-order valence-electron chi connectivity index (χ2n) is 5.72. The number of hydrogen-bond donors (Lipinski definition) is 0. The van der Waals surface area contributed by atoms with Gasteiger partial charge in [0.25, 0.3) is 0 Å². The molecule has 1 heterocycles. The summed E-state index contributed by atoms with van der Waals surface area (Å²) in [5.74, 6) is 0.482. The Morgan fingerprint density at radius 2 is 1.76 bits per heavy atom. The third-order valence-electron chi connectivity index (χ3n) is 4.17. The van der Waals surface area contributed by atoms with Crippen molar-refractivity contribution in [3.8, 4) is 0 Å². The van der Waals surface area contributed by atoms with Crippen molar-refractivity contribution >= 4 is 15.9 Å². The van der Waals surface area contributed by atoms with Crippen LogP contribution in [-0.2, 0) is 6.42 Å². The molecule has 114 valence electrons. The highest BCUT2D eigenvalue weighted by molar-refractivity contribution is 9.09. The predicted octanol–water partition coefficient (Wildman–Crippen LogP) is 5.27. The molecule has 0 spiro atoms. The van der Waals surface area contributed by atoms with Crippen LogP contribution in [0.4, 0.5) is 0 Å². The van der Waals surface area contributed by atoms with E-state index in [0.717, 1.165) is 24.6 Å². The lowest BCUT2D eigenvalue weighted by Gasteiger charge is -2.15. The van der Waals surface area contributed by atoms with E-state index < -0.39 is 0 Å². The van der Waals surface area contributed by atoms with Crippen molar-refractivity contribution in [1.82, 2.24) is 9.78 Å². The summed E-state index contributed by atoms with van der Waals surface area (Å²) >= 11 is 3.66. The van der Waals surface area contributed by atoms with Gasteiger partial charge < -0.3 is 0 Å². The molecule has 1 unspecified atom stereocenters. The van der Waals surface area contributed by atoms with Crippen LogP contribution in [0, 0.1) is 6.92 Å². The van der Waals surface area contributed by atoms with E-state index in [1.807, 2.05) is 0 Å². The number of nitrogens with zero attached hydrogens (tertiary/aromatic N) is 2. The van der Waals surface area contributed by atoms with Crippen molar-refractivity contribution in [3.05, 3.63) is 53.3 Å². The van der Waals surface area contributed by atoms with E-state index in [0.29, 0.717) is 12.0 Å². The molecule has 2 rings (SSSR count). The van der Waals surface area contributed by atoms with E-state index in [1.165, 1.54) is 16.8 Å². The van der Waals surface area contributed by atoms with Gasteiger partial charge >= 0.3 is 0 Å². The first kappa shape index (κ1) is 16.3. The highest BCUT2D eigenvalue weighted by Crippen LogP contribution is 2.24. The van der Waals surface area contributed by atoms with Crippen molar-refractivity contribution in [2.24, 2.45) is 0 Å².